The lowest BCUT2D eigenvalue weighted by atomic mass is 10.1. The minimum atomic E-state index is -0.218. The Morgan fingerprint density at radius 2 is 1.36 bits per heavy atom. The van der Waals surface area contributed by atoms with Crippen molar-refractivity contribution in [2.45, 2.75) is 6.92 Å². The molecule has 0 radical (unpaired) electrons. The summed E-state index contributed by atoms with van der Waals surface area (Å²) >= 11 is 0. The van der Waals surface area contributed by atoms with Gasteiger partial charge in [-0.1, -0.05) is 48.5 Å². The van der Waals surface area contributed by atoms with Crippen molar-refractivity contribution in [3.63, 3.8) is 0 Å². The second-order valence-corrected chi connectivity index (χ2v) is 6.17. The summed E-state index contributed by atoms with van der Waals surface area (Å²) in [5.41, 5.74) is 4.09. The van der Waals surface area contributed by atoms with Gasteiger partial charge in [-0.05, 0) is 55.0 Å². The topological polar surface area (TPSA) is 41.6 Å². The average molecular weight is 372 g/mol. The number of para-hydroxylation sites is 2. The lowest BCUT2D eigenvalue weighted by Crippen LogP contribution is -2.25. The number of rotatable bonds is 7. The van der Waals surface area contributed by atoms with E-state index in [1.807, 2.05) is 67.6 Å². The number of methoxy groups -OCH3 is 1. The van der Waals surface area contributed by atoms with Gasteiger partial charge in [0.1, 0.15) is 0 Å². The van der Waals surface area contributed by atoms with E-state index >= 15 is 0 Å². The zero-order valence-corrected chi connectivity index (χ0v) is 16.1. The zero-order valence-electron chi connectivity index (χ0n) is 16.1. The Morgan fingerprint density at radius 3 is 1.82 bits per heavy atom. The Morgan fingerprint density at radius 1 is 0.857 bits per heavy atom. The van der Waals surface area contributed by atoms with E-state index in [0.29, 0.717) is 6.54 Å². The fourth-order valence-electron chi connectivity index (χ4n) is 2.94. The first-order chi connectivity index (χ1) is 13.7. The summed E-state index contributed by atoms with van der Waals surface area (Å²) in [6.45, 7) is 2.43. The fourth-order valence-corrected chi connectivity index (χ4v) is 2.94. The van der Waals surface area contributed by atoms with Gasteiger partial charge in [0, 0.05) is 23.6 Å². The van der Waals surface area contributed by atoms with E-state index in [1.165, 1.54) is 7.11 Å². The number of hydrogen-bond acceptors (Lipinski definition) is 3. The maximum absolute atomic E-state index is 12.0. The van der Waals surface area contributed by atoms with Gasteiger partial charge in [-0.15, -0.1) is 0 Å². The van der Waals surface area contributed by atoms with E-state index in [-0.39, 0.29) is 11.7 Å². The van der Waals surface area contributed by atoms with Gasteiger partial charge in [0.25, 0.3) is 5.91 Å². The van der Waals surface area contributed by atoms with Gasteiger partial charge < -0.3 is 15.0 Å². The molecule has 3 aromatic carbocycles. The minimum absolute atomic E-state index is 0.218. The smallest absolute Gasteiger partial charge is 0.286 e. The lowest BCUT2D eigenvalue weighted by molar-refractivity contribution is -0.120. The van der Waals surface area contributed by atoms with E-state index in [2.05, 4.69) is 34.5 Å². The Bertz CT molecular complexity index is 880. The van der Waals surface area contributed by atoms with Crippen molar-refractivity contribution in [2.24, 2.45) is 0 Å². The lowest BCUT2D eigenvalue weighted by Gasteiger charge is -2.25. The molecule has 0 unspecified atom stereocenters. The van der Waals surface area contributed by atoms with Crippen LogP contribution in [0, 0.1) is 0 Å². The molecule has 0 saturated carbocycles. The van der Waals surface area contributed by atoms with Crippen molar-refractivity contribution in [1.29, 1.82) is 0 Å². The molecular weight excluding hydrogens is 348 g/mol. The monoisotopic (exact) mass is 372 g/mol. The van der Waals surface area contributed by atoms with E-state index in [0.717, 1.165) is 22.6 Å². The summed E-state index contributed by atoms with van der Waals surface area (Å²) in [6.07, 6.45) is 1.74. The van der Waals surface area contributed by atoms with E-state index in [4.69, 9.17) is 4.74 Å². The Labute approximate surface area is 166 Å². The van der Waals surface area contributed by atoms with Crippen molar-refractivity contribution in [3.05, 3.63) is 96.3 Å². The van der Waals surface area contributed by atoms with Crippen LogP contribution in [0.15, 0.2) is 90.7 Å². The van der Waals surface area contributed by atoms with Crippen LogP contribution in [0.5, 0.6) is 0 Å². The molecule has 0 heterocycles. The number of anilines is 3. The molecule has 3 aromatic rings. The van der Waals surface area contributed by atoms with Crippen LogP contribution in [0.4, 0.5) is 17.1 Å². The molecule has 4 nitrogen and oxygen atoms in total. The predicted octanol–water partition coefficient (Wildman–Crippen LogP) is 5.28. The third kappa shape index (κ3) is 4.60. The first-order valence-corrected chi connectivity index (χ1v) is 9.27. The van der Waals surface area contributed by atoms with Gasteiger partial charge >= 0.3 is 0 Å². The number of benzene rings is 3. The van der Waals surface area contributed by atoms with E-state index in [9.17, 15) is 4.79 Å². The maximum atomic E-state index is 12.0. The number of carbonyl (C=O) groups excluding carboxylic acids is 1. The van der Waals surface area contributed by atoms with Crippen LogP contribution in [-0.4, -0.2) is 19.6 Å². The van der Waals surface area contributed by atoms with Crippen molar-refractivity contribution in [1.82, 2.24) is 5.32 Å². The predicted molar refractivity (Wildman–Crippen MR) is 115 cm³/mol. The zero-order chi connectivity index (χ0) is 19.8. The normalized spacial score (nSPS) is 11.0. The second-order valence-electron chi connectivity index (χ2n) is 6.17. The summed E-state index contributed by atoms with van der Waals surface area (Å²) in [5, 5.41) is 2.75. The number of likely N-dealkylation sites (N-methyl/N-ethyl adjacent to an activating group) is 1. The number of ether oxygens (including phenoxy) is 1. The summed E-state index contributed by atoms with van der Waals surface area (Å²) in [7, 11) is 1.50. The third-order valence-corrected chi connectivity index (χ3v) is 4.26. The number of nitrogens with one attached hydrogen (secondary N) is 1. The summed E-state index contributed by atoms with van der Waals surface area (Å²) in [6, 6.07) is 28.5. The van der Waals surface area contributed by atoms with Crippen LogP contribution < -0.4 is 10.2 Å². The van der Waals surface area contributed by atoms with Crippen LogP contribution in [0.1, 0.15) is 12.5 Å². The first kappa shape index (κ1) is 19.2. The van der Waals surface area contributed by atoms with Crippen molar-refractivity contribution in [3.8, 4) is 0 Å². The van der Waals surface area contributed by atoms with Gasteiger partial charge in [-0.3, -0.25) is 4.79 Å². The third-order valence-electron chi connectivity index (χ3n) is 4.26. The number of carbonyl (C=O) groups is 1. The largest absolute Gasteiger partial charge is 0.491 e. The highest BCUT2D eigenvalue weighted by Crippen LogP contribution is 2.34. The molecular formula is C24H24N2O2. The van der Waals surface area contributed by atoms with Crippen molar-refractivity contribution >= 4 is 29.0 Å². The molecule has 142 valence electrons. The maximum Gasteiger partial charge on any atom is 0.286 e. The molecule has 3 rings (SSSR count). The van der Waals surface area contributed by atoms with Crippen molar-refractivity contribution in [2.75, 3.05) is 18.6 Å². The molecule has 0 aliphatic carbocycles. The SMILES string of the molecule is CCNC(=O)/C(=C\c1ccc(N(c2ccccc2)c2ccccc2)cc1)OC. The molecule has 28 heavy (non-hydrogen) atoms. The summed E-state index contributed by atoms with van der Waals surface area (Å²) in [5.74, 6) is 0.0712. The van der Waals surface area contributed by atoms with Crippen molar-refractivity contribution < 1.29 is 9.53 Å². The Kier molecular flexibility index (Phi) is 6.47. The Hall–Kier alpha value is -3.53. The minimum Gasteiger partial charge on any atom is -0.491 e. The van der Waals surface area contributed by atoms with Crippen LogP contribution in [0.2, 0.25) is 0 Å². The summed E-state index contributed by atoms with van der Waals surface area (Å²) in [4.78, 5) is 14.2. The summed E-state index contributed by atoms with van der Waals surface area (Å²) < 4.78 is 5.22. The molecule has 4 heteroatoms. The second kappa shape index (κ2) is 9.42. The molecule has 0 aromatic heterocycles. The number of amides is 1. The van der Waals surface area contributed by atoms with Gasteiger partial charge in [-0.2, -0.15) is 0 Å². The molecule has 0 spiro atoms. The standard InChI is InChI=1S/C24H24N2O2/c1-3-25-24(27)23(28-2)18-19-14-16-22(17-15-19)26(20-10-6-4-7-11-20)21-12-8-5-9-13-21/h4-18H,3H2,1-2H3,(H,25,27)/b23-18+. The van der Waals surface area contributed by atoms with Crippen LogP contribution in [-0.2, 0) is 9.53 Å². The molecule has 0 atom stereocenters. The number of hydrogen-bond donors (Lipinski definition) is 1. The molecule has 1 amide bonds. The molecule has 0 fully saturated rings. The van der Waals surface area contributed by atoms with Gasteiger partial charge in [-0.25, -0.2) is 0 Å². The Balaban J connectivity index is 1.94. The van der Waals surface area contributed by atoms with E-state index < -0.39 is 0 Å². The van der Waals surface area contributed by atoms with Gasteiger partial charge in [0.2, 0.25) is 0 Å². The average Bonchev–Trinajstić information content (AvgIpc) is 2.75. The van der Waals surface area contributed by atoms with Gasteiger partial charge in [0.15, 0.2) is 5.76 Å². The van der Waals surface area contributed by atoms with Crippen LogP contribution >= 0.6 is 0 Å². The molecule has 0 saturated heterocycles. The molecule has 0 bridgehead atoms. The molecule has 0 aliphatic heterocycles. The quantitative estimate of drug-likeness (QED) is 0.453. The van der Waals surface area contributed by atoms with E-state index in [1.54, 1.807) is 6.08 Å². The molecule has 1 N–H and O–H groups in total. The first-order valence-electron chi connectivity index (χ1n) is 9.27. The fraction of sp³-hybridized carbons (Fsp3) is 0.125. The van der Waals surface area contributed by atoms with Crippen LogP contribution in [0.3, 0.4) is 0 Å². The molecule has 0 aliphatic rings. The highest BCUT2D eigenvalue weighted by atomic mass is 16.5. The number of nitrogens with zero attached hydrogens (tertiary/aromatic N) is 1. The highest BCUT2D eigenvalue weighted by molar-refractivity contribution is 5.95. The highest BCUT2D eigenvalue weighted by Gasteiger charge is 2.12. The van der Waals surface area contributed by atoms with Gasteiger partial charge in [0.05, 0.1) is 7.11 Å². The van der Waals surface area contributed by atoms with Crippen LogP contribution in [0.25, 0.3) is 6.08 Å².